The quantitative estimate of drug-likeness (QED) is 0.498. The maximum absolute atomic E-state index is 13.1. The largest absolute Gasteiger partial charge is 0.492 e. The molecule has 0 saturated carbocycles. The second-order valence-electron chi connectivity index (χ2n) is 7.93. The highest BCUT2D eigenvalue weighted by atomic mass is 32.2. The molecular weight excluding hydrogens is 472 g/mol. The molecular formula is C23H26N6O5S. The van der Waals surface area contributed by atoms with Gasteiger partial charge in [-0.05, 0) is 30.3 Å². The van der Waals surface area contributed by atoms with Gasteiger partial charge in [0, 0.05) is 50.4 Å². The highest BCUT2D eigenvalue weighted by Gasteiger charge is 2.29. The normalized spacial score (nSPS) is 14.5. The van der Waals surface area contributed by atoms with Gasteiger partial charge in [0.2, 0.25) is 15.9 Å². The number of hydrogen-bond acceptors (Lipinski definition) is 7. The first-order valence-corrected chi connectivity index (χ1v) is 12.5. The van der Waals surface area contributed by atoms with E-state index in [1.807, 2.05) is 0 Å². The third-order valence-corrected chi connectivity index (χ3v) is 7.46. The number of amides is 2. The van der Waals surface area contributed by atoms with Crippen molar-refractivity contribution >= 4 is 27.5 Å². The van der Waals surface area contributed by atoms with E-state index in [9.17, 15) is 18.0 Å². The molecule has 35 heavy (non-hydrogen) atoms. The molecule has 1 fully saturated rings. The van der Waals surface area contributed by atoms with Gasteiger partial charge in [0.25, 0.3) is 5.91 Å². The summed E-state index contributed by atoms with van der Waals surface area (Å²) in [7, 11) is -3.79. The van der Waals surface area contributed by atoms with Gasteiger partial charge >= 0.3 is 0 Å². The first-order chi connectivity index (χ1) is 16.8. The van der Waals surface area contributed by atoms with Crippen molar-refractivity contribution < 1.29 is 22.7 Å². The fraction of sp³-hybridized carbons (Fsp3) is 0.304. The number of aromatic nitrogens is 3. The molecule has 0 aliphatic carbocycles. The van der Waals surface area contributed by atoms with Crippen LogP contribution in [-0.2, 0) is 21.4 Å². The number of sulfonamides is 1. The minimum Gasteiger partial charge on any atom is -0.492 e. The van der Waals surface area contributed by atoms with Crippen LogP contribution >= 0.6 is 0 Å². The molecule has 0 radical (unpaired) electrons. The predicted octanol–water partition coefficient (Wildman–Crippen LogP) is 1.46. The Morgan fingerprint density at radius 3 is 2.54 bits per heavy atom. The molecule has 12 heteroatoms. The number of rotatable bonds is 8. The summed E-state index contributed by atoms with van der Waals surface area (Å²) in [5.74, 6) is 0.0533. The van der Waals surface area contributed by atoms with Gasteiger partial charge in [0.15, 0.2) is 0 Å². The number of carbonyl (C=O) groups is 2. The molecule has 1 N–H and O–H groups in total. The molecule has 0 bridgehead atoms. The van der Waals surface area contributed by atoms with Crippen LogP contribution in [0.2, 0.25) is 0 Å². The van der Waals surface area contributed by atoms with Crippen molar-refractivity contribution in [1.29, 1.82) is 0 Å². The van der Waals surface area contributed by atoms with Crippen molar-refractivity contribution in [2.75, 3.05) is 38.1 Å². The van der Waals surface area contributed by atoms with Crippen molar-refractivity contribution in [3.63, 3.8) is 0 Å². The van der Waals surface area contributed by atoms with E-state index >= 15 is 0 Å². The summed E-state index contributed by atoms with van der Waals surface area (Å²) < 4.78 is 34.9. The maximum Gasteiger partial charge on any atom is 0.255 e. The zero-order valence-corrected chi connectivity index (χ0v) is 20.0. The van der Waals surface area contributed by atoms with E-state index in [0.717, 1.165) is 0 Å². The van der Waals surface area contributed by atoms with Gasteiger partial charge in [-0.3, -0.25) is 9.59 Å². The van der Waals surface area contributed by atoms with Crippen molar-refractivity contribution in [3.8, 4) is 5.75 Å². The molecule has 0 unspecified atom stereocenters. The molecule has 1 aliphatic rings. The van der Waals surface area contributed by atoms with Gasteiger partial charge in [-0.2, -0.15) is 9.40 Å². The van der Waals surface area contributed by atoms with Gasteiger partial charge in [0.05, 0.1) is 11.4 Å². The van der Waals surface area contributed by atoms with E-state index < -0.39 is 15.9 Å². The van der Waals surface area contributed by atoms with Gasteiger partial charge in [0.1, 0.15) is 25.0 Å². The first kappa shape index (κ1) is 24.4. The number of nitrogens with zero attached hydrogens (tertiary/aromatic N) is 5. The number of anilines is 1. The summed E-state index contributed by atoms with van der Waals surface area (Å²) in [6, 6.07) is 12.9. The zero-order chi connectivity index (χ0) is 24.8. The molecule has 2 amide bonds. The lowest BCUT2D eigenvalue weighted by Gasteiger charge is -2.33. The van der Waals surface area contributed by atoms with Crippen LogP contribution in [0.15, 0.2) is 66.1 Å². The summed E-state index contributed by atoms with van der Waals surface area (Å²) in [5, 5.41) is 6.79. The van der Waals surface area contributed by atoms with E-state index in [0.29, 0.717) is 37.7 Å². The van der Waals surface area contributed by atoms with Crippen molar-refractivity contribution in [2.45, 2.75) is 18.4 Å². The lowest BCUT2D eigenvalue weighted by molar-refractivity contribution is -0.129. The van der Waals surface area contributed by atoms with Crippen LogP contribution in [0.25, 0.3) is 0 Å². The highest BCUT2D eigenvalue weighted by molar-refractivity contribution is 7.89. The molecule has 184 valence electrons. The fourth-order valence-corrected chi connectivity index (χ4v) is 5.13. The predicted molar refractivity (Wildman–Crippen MR) is 127 cm³/mol. The van der Waals surface area contributed by atoms with Gasteiger partial charge in [-0.1, -0.05) is 12.1 Å². The molecule has 4 rings (SSSR count). The molecule has 11 nitrogen and oxygen atoms in total. The van der Waals surface area contributed by atoms with Crippen LogP contribution in [0.1, 0.15) is 17.3 Å². The number of piperazine rings is 1. The SMILES string of the molecule is CC(=O)N1CCN(S(=O)(=O)c2cccc(C(=O)Nc3cccc(OCCn4cncn4)c3)c2)CC1. The summed E-state index contributed by atoms with van der Waals surface area (Å²) in [6.45, 7) is 3.47. The summed E-state index contributed by atoms with van der Waals surface area (Å²) in [5.41, 5.74) is 0.729. The molecule has 1 aliphatic heterocycles. The fourth-order valence-electron chi connectivity index (χ4n) is 3.66. The lowest BCUT2D eigenvalue weighted by atomic mass is 10.2. The molecule has 1 aromatic heterocycles. The minimum atomic E-state index is -3.79. The molecule has 3 aromatic rings. The van der Waals surface area contributed by atoms with Gasteiger partial charge in [-0.15, -0.1) is 0 Å². The van der Waals surface area contributed by atoms with Crippen molar-refractivity contribution in [2.24, 2.45) is 0 Å². The second kappa shape index (κ2) is 10.7. The van der Waals surface area contributed by atoms with Crippen LogP contribution in [-0.4, -0.2) is 77.0 Å². The first-order valence-electron chi connectivity index (χ1n) is 11.1. The molecule has 0 atom stereocenters. The Balaban J connectivity index is 1.39. The Bertz CT molecular complexity index is 1290. The van der Waals surface area contributed by atoms with Crippen LogP contribution in [0.5, 0.6) is 5.75 Å². The van der Waals surface area contributed by atoms with Crippen LogP contribution in [0.3, 0.4) is 0 Å². The maximum atomic E-state index is 13.1. The smallest absolute Gasteiger partial charge is 0.255 e. The monoisotopic (exact) mass is 498 g/mol. The Morgan fingerprint density at radius 1 is 1.06 bits per heavy atom. The number of benzene rings is 2. The number of carbonyl (C=O) groups excluding carboxylic acids is 2. The van der Waals surface area contributed by atoms with Crippen LogP contribution in [0, 0.1) is 0 Å². The average Bonchev–Trinajstić information content (AvgIpc) is 3.38. The number of nitrogens with one attached hydrogen (secondary N) is 1. The Kier molecular flexibility index (Phi) is 7.42. The highest BCUT2D eigenvalue weighted by Crippen LogP contribution is 2.21. The molecule has 1 saturated heterocycles. The molecule has 0 spiro atoms. The zero-order valence-electron chi connectivity index (χ0n) is 19.2. The standard InChI is InChI=1S/C23H26N6O5S/c1-18(30)27-8-10-29(11-9-27)35(32,33)22-7-2-4-19(14-22)23(31)26-20-5-3-6-21(15-20)34-13-12-28-17-24-16-25-28/h2-7,14-17H,8-13H2,1H3,(H,26,31). The third-order valence-electron chi connectivity index (χ3n) is 5.57. The summed E-state index contributed by atoms with van der Waals surface area (Å²) >= 11 is 0. The molecule has 2 aromatic carbocycles. The van der Waals surface area contributed by atoms with Crippen molar-refractivity contribution in [3.05, 3.63) is 66.7 Å². The topological polar surface area (TPSA) is 127 Å². The second-order valence-corrected chi connectivity index (χ2v) is 9.86. The van der Waals surface area contributed by atoms with E-state index in [1.54, 1.807) is 46.2 Å². The van der Waals surface area contributed by atoms with Crippen LogP contribution in [0.4, 0.5) is 5.69 Å². The van der Waals surface area contributed by atoms with E-state index in [2.05, 4.69) is 15.4 Å². The Morgan fingerprint density at radius 2 is 1.83 bits per heavy atom. The van der Waals surface area contributed by atoms with Gasteiger partial charge < -0.3 is 15.0 Å². The minimum absolute atomic E-state index is 0.0339. The van der Waals surface area contributed by atoms with E-state index in [4.69, 9.17) is 4.74 Å². The Labute approximate surface area is 203 Å². The lowest BCUT2D eigenvalue weighted by Crippen LogP contribution is -2.49. The molecule has 2 heterocycles. The summed E-state index contributed by atoms with van der Waals surface area (Å²) in [4.78, 5) is 29.9. The number of ether oxygens (including phenoxy) is 1. The average molecular weight is 499 g/mol. The van der Waals surface area contributed by atoms with E-state index in [1.165, 1.54) is 35.8 Å². The Hall–Kier alpha value is -3.77. The van der Waals surface area contributed by atoms with Crippen LogP contribution < -0.4 is 10.1 Å². The van der Waals surface area contributed by atoms with E-state index in [-0.39, 0.29) is 29.5 Å². The van der Waals surface area contributed by atoms with Gasteiger partial charge in [-0.25, -0.2) is 18.1 Å². The summed E-state index contributed by atoms with van der Waals surface area (Å²) in [6.07, 6.45) is 3.05. The third kappa shape index (κ3) is 6.03. The van der Waals surface area contributed by atoms with Crippen molar-refractivity contribution in [1.82, 2.24) is 24.0 Å². The number of hydrogen-bond donors (Lipinski definition) is 1.